The van der Waals surface area contributed by atoms with Gasteiger partial charge in [0, 0.05) is 18.0 Å². The van der Waals surface area contributed by atoms with Crippen molar-refractivity contribution >= 4 is 5.97 Å². The molecule has 2 aromatic rings. The highest BCUT2D eigenvalue weighted by Gasteiger charge is 2.06. The van der Waals surface area contributed by atoms with Gasteiger partial charge >= 0.3 is 5.97 Å². The number of pyridine rings is 2. The minimum absolute atomic E-state index is 0.294. The van der Waals surface area contributed by atoms with Crippen LogP contribution in [0.2, 0.25) is 0 Å². The highest BCUT2D eigenvalue weighted by Crippen LogP contribution is 2.14. The quantitative estimate of drug-likeness (QED) is 0.717. The summed E-state index contributed by atoms with van der Waals surface area (Å²) in [5.41, 5.74) is 1.99. The van der Waals surface area contributed by atoms with Crippen LogP contribution in [0.15, 0.2) is 42.7 Å². The van der Waals surface area contributed by atoms with Crippen molar-refractivity contribution in [2.24, 2.45) is 0 Å². The van der Waals surface area contributed by atoms with E-state index in [4.69, 9.17) is 0 Å². The number of esters is 1. The van der Waals surface area contributed by atoms with E-state index in [1.165, 1.54) is 7.11 Å². The van der Waals surface area contributed by atoms with Crippen molar-refractivity contribution in [2.45, 2.75) is 0 Å². The Kier molecular flexibility index (Phi) is 2.91. The average molecular weight is 214 g/mol. The van der Waals surface area contributed by atoms with Gasteiger partial charge in [0.05, 0.1) is 12.8 Å². The van der Waals surface area contributed by atoms with Crippen LogP contribution in [0.1, 0.15) is 10.5 Å². The van der Waals surface area contributed by atoms with E-state index in [9.17, 15) is 4.79 Å². The van der Waals surface area contributed by atoms with Gasteiger partial charge in [-0.2, -0.15) is 0 Å². The number of methoxy groups -OCH3 is 1. The molecular formula is C12H10N2O2. The van der Waals surface area contributed by atoms with Gasteiger partial charge in [0.25, 0.3) is 0 Å². The maximum atomic E-state index is 11.2. The van der Waals surface area contributed by atoms with Gasteiger partial charge in [0.15, 0.2) is 0 Å². The van der Waals surface area contributed by atoms with Crippen LogP contribution in [0.4, 0.5) is 0 Å². The maximum absolute atomic E-state index is 11.2. The fourth-order valence-corrected chi connectivity index (χ4v) is 1.30. The second kappa shape index (κ2) is 4.53. The zero-order chi connectivity index (χ0) is 11.4. The lowest BCUT2D eigenvalue weighted by molar-refractivity contribution is 0.0594. The number of rotatable bonds is 2. The lowest BCUT2D eigenvalue weighted by Crippen LogP contribution is -2.03. The Morgan fingerprint density at radius 2 is 2.06 bits per heavy atom. The second-order valence-corrected chi connectivity index (χ2v) is 3.14. The first-order valence-corrected chi connectivity index (χ1v) is 4.77. The van der Waals surface area contributed by atoms with E-state index in [0.29, 0.717) is 5.69 Å². The van der Waals surface area contributed by atoms with Crippen LogP contribution < -0.4 is 0 Å². The molecular weight excluding hydrogens is 204 g/mol. The molecule has 0 aromatic carbocycles. The number of aromatic nitrogens is 2. The first-order chi connectivity index (χ1) is 7.81. The Hall–Kier alpha value is -2.23. The summed E-state index contributed by atoms with van der Waals surface area (Å²) in [7, 11) is 1.33. The molecule has 4 heteroatoms. The molecule has 0 radical (unpaired) electrons. The molecule has 0 saturated carbocycles. The molecule has 0 aliphatic carbocycles. The van der Waals surface area contributed by atoms with Crippen LogP contribution in [0.25, 0.3) is 11.3 Å². The van der Waals surface area contributed by atoms with Crippen LogP contribution in [0, 0.1) is 0 Å². The lowest BCUT2D eigenvalue weighted by Gasteiger charge is -2.01. The summed E-state index contributed by atoms with van der Waals surface area (Å²) in [6.45, 7) is 0. The SMILES string of the molecule is COC(=O)c1ccc(-c2ccccn2)cn1. The number of hydrogen-bond acceptors (Lipinski definition) is 4. The van der Waals surface area contributed by atoms with Crippen LogP contribution >= 0.6 is 0 Å². The maximum Gasteiger partial charge on any atom is 0.356 e. The Bertz CT molecular complexity index is 480. The number of nitrogens with zero attached hydrogens (tertiary/aromatic N) is 2. The molecule has 0 aliphatic rings. The van der Waals surface area contributed by atoms with E-state index < -0.39 is 5.97 Å². The summed E-state index contributed by atoms with van der Waals surface area (Å²) in [6.07, 6.45) is 3.32. The fourth-order valence-electron chi connectivity index (χ4n) is 1.30. The van der Waals surface area contributed by atoms with E-state index in [0.717, 1.165) is 11.3 Å². The van der Waals surface area contributed by atoms with E-state index in [1.807, 2.05) is 18.2 Å². The predicted molar refractivity (Wildman–Crippen MR) is 58.8 cm³/mol. The topological polar surface area (TPSA) is 52.1 Å². The van der Waals surface area contributed by atoms with Crippen molar-refractivity contribution in [2.75, 3.05) is 7.11 Å². The van der Waals surface area contributed by atoms with E-state index in [-0.39, 0.29) is 0 Å². The molecule has 0 atom stereocenters. The van der Waals surface area contributed by atoms with E-state index >= 15 is 0 Å². The minimum Gasteiger partial charge on any atom is -0.464 e. The van der Waals surface area contributed by atoms with E-state index in [2.05, 4.69) is 14.7 Å². The molecule has 2 heterocycles. The van der Waals surface area contributed by atoms with Gasteiger partial charge in [-0.3, -0.25) is 4.98 Å². The molecule has 0 bridgehead atoms. The summed E-state index contributed by atoms with van der Waals surface area (Å²) in [5, 5.41) is 0. The lowest BCUT2D eigenvalue weighted by atomic mass is 10.2. The Labute approximate surface area is 92.9 Å². The molecule has 0 fully saturated rings. The Morgan fingerprint density at radius 3 is 2.62 bits per heavy atom. The smallest absolute Gasteiger partial charge is 0.356 e. The van der Waals surface area contributed by atoms with Crippen molar-refractivity contribution < 1.29 is 9.53 Å². The molecule has 2 aromatic heterocycles. The minimum atomic E-state index is -0.437. The zero-order valence-corrected chi connectivity index (χ0v) is 8.75. The summed E-state index contributed by atoms with van der Waals surface area (Å²) in [5.74, 6) is -0.437. The summed E-state index contributed by atoms with van der Waals surface area (Å²) >= 11 is 0. The first kappa shape index (κ1) is 10.3. The van der Waals surface area contributed by atoms with Gasteiger partial charge in [-0.1, -0.05) is 6.07 Å². The van der Waals surface area contributed by atoms with E-state index in [1.54, 1.807) is 24.5 Å². The molecule has 0 spiro atoms. The molecule has 0 saturated heterocycles. The fraction of sp³-hybridized carbons (Fsp3) is 0.0833. The first-order valence-electron chi connectivity index (χ1n) is 4.77. The van der Waals surface area contributed by atoms with Gasteiger partial charge in [-0.15, -0.1) is 0 Å². The molecule has 16 heavy (non-hydrogen) atoms. The average Bonchev–Trinajstić information content (AvgIpc) is 2.39. The van der Waals surface area contributed by atoms with Gasteiger partial charge < -0.3 is 4.74 Å². The number of hydrogen-bond donors (Lipinski definition) is 0. The molecule has 0 aliphatic heterocycles. The van der Waals surface area contributed by atoms with Gasteiger partial charge in [-0.05, 0) is 24.3 Å². The number of carbonyl (C=O) groups is 1. The molecule has 0 amide bonds. The predicted octanol–water partition coefficient (Wildman–Crippen LogP) is 1.93. The summed E-state index contributed by atoms with van der Waals surface area (Å²) in [4.78, 5) is 19.4. The third kappa shape index (κ3) is 2.06. The van der Waals surface area contributed by atoms with Gasteiger partial charge in [-0.25, -0.2) is 9.78 Å². The third-order valence-electron chi connectivity index (χ3n) is 2.12. The highest BCUT2D eigenvalue weighted by atomic mass is 16.5. The van der Waals surface area contributed by atoms with Crippen molar-refractivity contribution in [1.82, 2.24) is 9.97 Å². The second-order valence-electron chi connectivity index (χ2n) is 3.14. The van der Waals surface area contributed by atoms with Gasteiger partial charge in [0.2, 0.25) is 0 Å². The molecule has 2 rings (SSSR count). The van der Waals surface area contributed by atoms with Crippen LogP contribution in [0.5, 0.6) is 0 Å². The Morgan fingerprint density at radius 1 is 1.19 bits per heavy atom. The van der Waals surface area contributed by atoms with Crippen LogP contribution in [-0.4, -0.2) is 23.0 Å². The molecule has 80 valence electrons. The highest BCUT2D eigenvalue weighted by molar-refractivity contribution is 5.87. The largest absolute Gasteiger partial charge is 0.464 e. The molecule has 0 N–H and O–H groups in total. The van der Waals surface area contributed by atoms with Crippen molar-refractivity contribution in [3.05, 3.63) is 48.4 Å². The van der Waals surface area contributed by atoms with Crippen LogP contribution in [-0.2, 0) is 4.74 Å². The zero-order valence-electron chi connectivity index (χ0n) is 8.75. The Balaban J connectivity index is 2.30. The normalized spacial score (nSPS) is 9.81. The van der Waals surface area contributed by atoms with Crippen LogP contribution in [0.3, 0.4) is 0 Å². The monoisotopic (exact) mass is 214 g/mol. The number of carbonyl (C=O) groups excluding carboxylic acids is 1. The molecule has 4 nitrogen and oxygen atoms in total. The molecule has 0 unspecified atom stereocenters. The summed E-state index contributed by atoms with van der Waals surface area (Å²) in [6, 6.07) is 9.04. The standard InChI is InChI=1S/C12H10N2O2/c1-16-12(15)11-6-5-9(8-14-11)10-4-2-3-7-13-10/h2-8H,1H3. The van der Waals surface area contributed by atoms with Crippen molar-refractivity contribution in [1.29, 1.82) is 0 Å². The van der Waals surface area contributed by atoms with Gasteiger partial charge in [0.1, 0.15) is 5.69 Å². The number of ether oxygens (including phenoxy) is 1. The van der Waals surface area contributed by atoms with Crippen molar-refractivity contribution in [3.8, 4) is 11.3 Å². The van der Waals surface area contributed by atoms with Crippen molar-refractivity contribution in [3.63, 3.8) is 0 Å². The third-order valence-corrected chi connectivity index (χ3v) is 2.12. The summed E-state index contributed by atoms with van der Waals surface area (Å²) < 4.78 is 4.56.